The molecule has 0 N–H and O–H groups in total. The van der Waals surface area contributed by atoms with Crippen molar-refractivity contribution in [3.8, 4) is 22.8 Å². The van der Waals surface area contributed by atoms with Gasteiger partial charge in [0.15, 0.2) is 5.82 Å². The van der Waals surface area contributed by atoms with Crippen molar-refractivity contribution in [2.24, 2.45) is 0 Å². The topological polar surface area (TPSA) is 48.5 Å². The molecular formula is C28H29N5. The van der Waals surface area contributed by atoms with Gasteiger partial charge in [0.05, 0.1) is 16.7 Å². The van der Waals surface area contributed by atoms with E-state index in [-0.39, 0.29) is 0 Å². The van der Waals surface area contributed by atoms with E-state index in [1.807, 2.05) is 19.3 Å². The third kappa shape index (κ3) is 3.63. The molecule has 0 fully saturated rings. The largest absolute Gasteiger partial charge is 0.297 e. The average Bonchev–Trinajstić information content (AvgIpc) is 3.42. The van der Waals surface area contributed by atoms with Crippen LogP contribution in [0.3, 0.4) is 0 Å². The van der Waals surface area contributed by atoms with Crippen molar-refractivity contribution in [3.05, 3.63) is 90.0 Å². The van der Waals surface area contributed by atoms with Gasteiger partial charge >= 0.3 is 0 Å². The summed E-state index contributed by atoms with van der Waals surface area (Å²) in [5.41, 5.74) is 7.94. The Hall–Kier alpha value is -3.73. The van der Waals surface area contributed by atoms with Crippen LogP contribution in [0.15, 0.2) is 73.1 Å². The Morgan fingerprint density at radius 1 is 0.788 bits per heavy atom. The molecule has 5 nitrogen and oxygen atoms in total. The summed E-state index contributed by atoms with van der Waals surface area (Å²) in [4.78, 5) is 4.79. The zero-order chi connectivity index (χ0) is 23.1. The molecular weight excluding hydrogens is 406 g/mol. The van der Waals surface area contributed by atoms with E-state index < -0.39 is 0 Å². The van der Waals surface area contributed by atoms with E-state index in [1.54, 1.807) is 0 Å². The number of aromatic nitrogens is 5. The van der Waals surface area contributed by atoms with Gasteiger partial charge in [-0.25, -0.2) is 4.98 Å². The molecule has 5 heteroatoms. The Bertz CT molecular complexity index is 1400. The number of aryl methyl sites for hydroxylation is 1. The molecule has 0 radical (unpaired) electrons. The first-order valence-electron chi connectivity index (χ1n) is 11.5. The molecule has 0 saturated carbocycles. The number of benzene rings is 3. The number of nitrogens with zero attached hydrogens (tertiary/aromatic N) is 5. The van der Waals surface area contributed by atoms with Gasteiger partial charge in [-0.15, -0.1) is 10.2 Å². The Labute approximate surface area is 194 Å². The van der Waals surface area contributed by atoms with Gasteiger partial charge in [-0.05, 0) is 60.2 Å². The molecule has 166 valence electrons. The van der Waals surface area contributed by atoms with Crippen LogP contribution in [0.1, 0.15) is 56.5 Å². The van der Waals surface area contributed by atoms with Crippen molar-refractivity contribution in [1.82, 2.24) is 24.3 Å². The van der Waals surface area contributed by atoms with Crippen LogP contribution in [0.5, 0.6) is 0 Å². The van der Waals surface area contributed by atoms with Gasteiger partial charge in [0.1, 0.15) is 12.2 Å². The molecule has 0 atom stereocenters. The third-order valence-electron chi connectivity index (χ3n) is 6.23. The maximum absolute atomic E-state index is 4.79. The van der Waals surface area contributed by atoms with Crippen molar-refractivity contribution in [2.45, 2.75) is 46.5 Å². The van der Waals surface area contributed by atoms with Crippen LogP contribution in [-0.4, -0.2) is 24.3 Å². The fourth-order valence-corrected chi connectivity index (χ4v) is 4.62. The zero-order valence-electron chi connectivity index (χ0n) is 19.8. The number of rotatable bonds is 5. The minimum absolute atomic E-state index is 0.388. The van der Waals surface area contributed by atoms with E-state index in [2.05, 4.69) is 108 Å². The van der Waals surface area contributed by atoms with E-state index >= 15 is 0 Å². The van der Waals surface area contributed by atoms with E-state index in [1.165, 1.54) is 16.8 Å². The summed E-state index contributed by atoms with van der Waals surface area (Å²) in [5, 5.41) is 8.90. The number of para-hydroxylation sites is 2. The molecule has 0 aliphatic heterocycles. The lowest BCUT2D eigenvalue weighted by Crippen LogP contribution is -2.07. The molecule has 5 rings (SSSR count). The van der Waals surface area contributed by atoms with Gasteiger partial charge in [0, 0.05) is 11.3 Å². The molecule has 0 aliphatic rings. The fourth-order valence-electron chi connectivity index (χ4n) is 4.62. The van der Waals surface area contributed by atoms with Crippen molar-refractivity contribution in [1.29, 1.82) is 0 Å². The van der Waals surface area contributed by atoms with Crippen LogP contribution in [0.2, 0.25) is 0 Å². The van der Waals surface area contributed by atoms with Crippen molar-refractivity contribution in [3.63, 3.8) is 0 Å². The minimum atomic E-state index is 0.388. The molecule has 5 aromatic rings. The summed E-state index contributed by atoms with van der Waals surface area (Å²) in [6, 6.07) is 23.3. The van der Waals surface area contributed by atoms with Gasteiger partial charge in [-0.3, -0.25) is 9.13 Å². The number of fused-ring (bicyclic) bond motifs is 1. The highest BCUT2D eigenvalue weighted by molar-refractivity contribution is 5.83. The average molecular weight is 436 g/mol. The van der Waals surface area contributed by atoms with Gasteiger partial charge in [-0.2, -0.15) is 0 Å². The monoisotopic (exact) mass is 435 g/mol. The van der Waals surface area contributed by atoms with Gasteiger partial charge in [-0.1, -0.05) is 64.1 Å². The van der Waals surface area contributed by atoms with E-state index in [4.69, 9.17) is 4.98 Å². The Morgan fingerprint density at radius 3 is 2.15 bits per heavy atom. The second-order valence-electron chi connectivity index (χ2n) is 9.15. The lowest BCUT2D eigenvalue weighted by atomic mass is 9.92. The quantitative estimate of drug-likeness (QED) is 0.304. The highest BCUT2D eigenvalue weighted by atomic mass is 15.3. The summed E-state index contributed by atoms with van der Waals surface area (Å²) < 4.78 is 4.35. The lowest BCUT2D eigenvalue weighted by molar-refractivity contribution is 0.806. The second-order valence-corrected chi connectivity index (χ2v) is 9.15. The van der Waals surface area contributed by atoms with E-state index in [0.29, 0.717) is 11.8 Å². The molecule has 0 bridgehead atoms. The SMILES string of the molecule is Cc1nc2ccc(-c3nncn3-c3c(C(C)C)cccc3C(C)C)cc2n1-c1ccccc1. The maximum Gasteiger partial charge on any atom is 0.168 e. The fraction of sp³-hybridized carbons (Fsp3) is 0.250. The Kier molecular flexibility index (Phi) is 5.33. The summed E-state index contributed by atoms with van der Waals surface area (Å²) >= 11 is 0. The zero-order valence-corrected chi connectivity index (χ0v) is 19.8. The summed E-state index contributed by atoms with van der Waals surface area (Å²) in [7, 11) is 0. The van der Waals surface area contributed by atoms with Crippen LogP contribution in [0.25, 0.3) is 33.8 Å². The first-order chi connectivity index (χ1) is 16.0. The Balaban J connectivity index is 1.72. The number of hydrogen-bond donors (Lipinski definition) is 0. The van der Waals surface area contributed by atoms with E-state index in [0.717, 1.165) is 33.9 Å². The van der Waals surface area contributed by atoms with Crippen LogP contribution < -0.4 is 0 Å². The van der Waals surface area contributed by atoms with Crippen LogP contribution >= 0.6 is 0 Å². The first-order valence-corrected chi connectivity index (χ1v) is 11.5. The molecule has 0 spiro atoms. The normalized spacial score (nSPS) is 11.7. The predicted octanol–water partition coefficient (Wildman–Crippen LogP) is 6.83. The molecule has 0 saturated heterocycles. The lowest BCUT2D eigenvalue weighted by Gasteiger charge is -2.21. The molecule has 2 aromatic heterocycles. The Morgan fingerprint density at radius 2 is 1.48 bits per heavy atom. The van der Waals surface area contributed by atoms with Gasteiger partial charge in [0.2, 0.25) is 0 Å². The third-order valence-corrected chi connectivity index (χ3v) is 6.23. The maximum atomic E-state index is 4.79. The van der Waals surface area contributed by atoms with Crippen molar-refractivity contribution < 1.29 is 0 Å². The highest BCUT2D eigenvalue weighted by Crippen LogP contribution is 2.34. The summed E-state index contributed by atoms with van der Waals surface area (Å²) in [6.45, 7) is 11.0. The van der Waals surface area contributed by atoms with E-state index in [9.17, 15) is 0 Å². The highest BCUT2D eigenvalue weighted by Gasteiger charge is 2.20. The van der Waals surface area contributed by atoms with Crippen molar-refractivity contribution in [2.75, 3.05) is 0 Å². The predicted molar refractivity (Wildman–Crippen MR) is 134 cm³/mol. The number of imidazole rings is 1. The second kappa shape index (κ2) is 8.32. The molecule has 0 amide bonds. The molecule has 2 heterocycles. The van der Waals surface area contributed by atoms with Gasteiger partial charge in [0.25, 0.3) is 0 Å². The molecule has 33 heavy (non-hydrogen) atoms. The summed E-state index contributed by atoms with van der Waals surface area (Å²) in [5.74, 6) is 2.57. The molecule has 0 aliphatic carbocycles. The standard InChI is InChI=1S/C28H29N5/c1-18(2)23-12-9-13-24(19(3)4)27(23)32-17-29-31-28(32)21-14-15-25-26(16-21)33(20(5)30-25)22-10-7-6-8-11-22/h6-19H,1-5H3. The first kappa shape index (κ1) is 21.1. The van der Waals surface area contributed by atoms with Gasteiger partial charge < -0.3 is 0 Å². The molecule has 3 aromatic carbocycles. The van der Waals surface area contributed by atoms with Crippen molar-refractivity contribution >= 4 is 11.0 Å². The minimum Gasteiger partial charge on any atom is -0.297 e. The summed E-state index contributed by atoms with van der Waals surface area (Å²) in [6.07, 6.45) is 1.84. The van der Waals surface area contributed by atoms with Crippen LogP contribution in [0.4, 0.5) is 0 Å². The van der Waals surface area contributed by atoms with Crippen LogP contribution in [-0.2, 0) is 0 Å². The smallest absolute Gasteiger partial charge is 0.168 e. The number of hydrogen-bond acceptors (Lipinski definition) is 3. The van der Waals surface area contributed by atoms with Crippen LogP contribution in [0, 0.1) is 6.92 Å². The molecule has 0 unspecified atom stereocenters.